The fraction of sp³-hybridized carbons (Fsp3) is 0.375. The van der Waals surface area contributed by atoms with Crippen LogP contribution in [0.3, 0.4) is 0 Å². The summed E-state index contributed by atoms with van der Waals surface area (Å²) in [6, 6.07) is 7.28. The molecule has 0 aromatic heterocycles. The van der Waals surface area contributed by atoms with E-state index in [1.54, 1.807) is 13.2 Å². The van der Waals surface area contributed by atoms with Gasteiger partial charge in [-0.05, 0) is 37.6 Å². The van der Waals surface area contributed by atoms with Crippen molar-refractivity contribution in [3.8, 4) is 5.75 Å². The minimum atomic E-state index is -0.910. The van der Waals surface area contributed by atoms with Gasteiger partial charge in [-0.2, -0.15) is 0 Å². The van der Waals surface area contributed by atoms with Crippen LogP contribution in [0.25, 0.3) is 6.08 Å². The molecule has 0 aliphatic heterocycles. The maximum absolute atomic E-state index is 12.1. The van der Waals surface area contributed by atoms with Crippen LogP contribution >= 0.6 is 0 Å². The highest BCUT2D eigenvalue weighted by Gasteiger charge is 2.15. The van der Waals surface area contributed by atoms with Gasteiger partial charge >= 0.3 is 5.97 Å². The second kappa shape index (κ2) is 8.09. The molecule has 0 aliphatic carbocycles. The molecule has 1 amide bonds. The summed E-state index contributed by atoms with van der Waals surface area (Å²) in [6.45, 7) is 3.93. The topological polar surface area (TPSA) is 66.8 Å². The van der Waals surface area contributed by atoms with Gasteiger partial charge in [0.1, 0.15) is 5.75 Å². The van der Waals surface area contributed by atoms with Crippen molar-refractivity contribution in [2.45, 2.75) is 26.3 Å². The van der Waals surface area contributed by atoms with E-state index in [1.165, 1.54) is 11.0 Å². The SMILES string of the molecule is COc1ccc(/C=C/C(=O)N(CCC(=O)O)C(C)C)cc1. The zero-order valence-electron chi connectivity index (χ0n) is 12.6. The Hall–Kier alpha value is -2.30. The Morgan fingerprint density at radius 2 is 1.90 bits per heavy atom. The predicted molar refractivity (Wildman–Crippen MR) is 81.1 cm³/mol. The summed E-state index contributed by atoms with van der Waals surface area (Å²) >= 11 is 0. The molecule has 5 heteroatoms. The van der Waals surface area contributed by atoms with Crippen molar-refractivity contribution in [1.29, 1.82) is 0 Å². The third kappa shape index (κ3) is 5.69. The summed E-state index contributed by atoms with van der Waals surface area (Å²) in [6.07, 6.45) is 3.11. The first-order valence-electron chi connectivity index (χ1n) is 6.78. The van der Waals surface area contributed by atoms with Crippen LogP contribution in [0.4, 0.5) is 0 Å². The Balaban J connectivity index is 2.70. The van der Waals surface area contributed by atoms with Gasteiger partial charge in [0, 0.05) is 18.7 Å². The molecule has 21 heavy (non-hydrogen) atoms. The van der Waals surface area contributed by atoms with Crippen molar-refractivity contribution in [2.75, 3.05) is 13.7 Å². The number of ether oxygens (including phenoxy) is 1. The van der Waals surface area contributed by atoms with Gasteiger partial charge < -0.3 is 14.7 Å². The summed E-state index contributed by atoms with van der Waals surface area (Å²) in [4.78, 5) is 24.3. The standard InChI is InChI=1S/C16H21NO4/c1-12(2)17(11-10-16(19)20)15(18)9-6-13-4-7-14(21-3)8-5-13/h4-9,12H,10-11H2,1-3H3,(H,19,20)/b9-6+. The minimum absolute atomic E-state index is 0.0441. The normalized spacial score (nSPS) is 10.9. The second-order valence-corrected chi connectivity index (χ2v) is 4.88. The number of carbonyl (C=O) groups is 2. The fourth-order valence-corrected chi connectivity index (χ4v) is 1.82. The van der Waals surface area contributed by atoms with E-state index in [9.17, 15) is 9.59 Å². The van der Waals surface area contributed by atoms with Crippen molar-refractivity contribution in [1.82, 2.24) is 4.90 Å². The Bertz CT molecular complexity index is 506. The number of benzene rings is 1. The van der Waals surface area contributed by atoms with Crippen LogP contribution in [0, 0.1) is 0 Å². The van der Waals surface area contributed by atoms with Crippen LogP contribution < -0.4 is 4.74 Å². The smallest absolute Gasteiger partial charge is 0.305 e. The molecular formula is C16H21NO4. The molecule has 0 unspecified atom stereocenters. The molecule has 1 aromatic rings. The molecular weight excluding hydrogens is 270 g/mol. The Morgan fingerprint density at radius 1 is 1.29 bits per heavy atom. The highest BCUT2D eigenvalue weighted by molar-refractivity contribution is 5.92. The second-order valence-electron chi connectivity index (χ2n) is 4.88. The molecule has 0 heterocycles. The summed E-state index contributed by atoms with van der Waals surface area (Å²) in [5.41, 5.74) is 0.881. The first-order valence-corrected chi connectivity index (χ1v) is 6.78. The molecule has 0 saturated carbocycles. The van der Waals surface area contributed by atoms with Gasteiger partial charge in [0.15, 0.2) is 0 Å². The first-order chi connectivity index (χ1) is 9.93. The average Bonchev–Trinajstić information content (AvgIpc) is 2.45. The number of carbonyl (C=O) groups excluding carboxylic acids is 1. The van der Waals surface area contributed by atoms with Crippen LogP contribution in [0.5, 0.6) is 5.75 Å². The van der Waals surface area contributed by atoms with Crippen molar-refractivity contribution in [3.63, 3.8) is 0 Å². The van der Waals surface area contributed by atoms with Crippen molar-refractivity contribution >= 4 is 18.0 Å². The van der Waals surface area contributed by atoms with Crippen molar-refractivity contribution in [2.24, 2.45) is 0 Å². The maximum atomic E-state index is 12.1. The fourth-order valence-electron chi connectivity index (χ4n) is 1.82. The van der Waals surface area contributed by atoms with Crippen LogP contribution in [-0.2, 0) is 9.59 Å². The summed E-state index contributed by atoms with van der Waals surface area (Å²) in [5.74, 6) is -0.349. The predicted octanol–water partition coefficient (Wildman–Crippen LogP) is 2.42. The largest absolute Gasteiger partial charge is 0.497 e. The molecule has 0 atom stereocenters. The van der Waals surface area contributed by atoms with Crippen molar-refractivity contribution < 1.29 is 19.4 Å². The Labute approximate surface area is 124 Å². The summed E-state index contributed by atoms with van der Waals surface area (Å²) < 4.78 is 5.06. The van der Waals surface area contributed by atoms with E-state index in [-0.39, 0.29) is 24.9 Å². The molecule has 0 spiro atoms. The average molecular weight is 291 g/mol. The van der Waals surface area contributed by atoms with Gasteiger partial charge in [0.05, 0.1) is 13.5 Å². The number of hydrogen-bond donors (Lipinski definition) is 1. The molecule has 1 aromatic carbocycles. The molecule has 1 N–H and O–H groups in total. The maximum Gasteiger partial charge on any atom is 0.305 e. The summed E-state index contributed by atoms with van der Waals surface area (Å²) in [5, 5.41) is 8.72. The number of aliphatic carboxylic acids is 1. The van der Waals surface area contributed by atoms with Gasteiger partial charge in [-0.25, -0.2) is 0 Å². The van der Waals surface area contributed by atoms with E-state index < -0.39 is 5.97 Å². The van der Waals surface area contributed by atoms with Crippen LogP contribution in [-0.4, -0.2) is 41.6 Å². The molecule has 0 saturated heterocycles. The zero-order chi connectivity index (χ0) is 15.8. The van der Waals surface area contributed by atoms with E-state index >= 15 is 0 Å². The zero-order valence-corrected chi connectivity index (χ0v) is 12.6. The molecule has 0 bridgehead atoms. The number of methoxy groups -OCH3 is 1. The lowest BCUT2D eigenvalue weighted by atomic mass is 10.2. The monoisotopic (exact) mass is 291 g/mol. The minimum Gasteiger partial charge on any atom is -0.497 e. The van der Waals surface area contributed by atoms with Crippen LogP contribution in [0.2, 0.25) is 0 Å². The number of amides is 1. The van der Waals surface area contributed by atoms with Gasteiger partial charge in [0.25, 0.3) is 0 Å². The first kappa shape index (κ1) is 16.8. The van der Waals surface area contributed by atoms with E-state index in [1.807, 2.05) is 38.1 Å². The Kier molecular flexibility index (Phi) is 6.46. The molecule has 1 rings (SSSR count). The quantitative estimate of drug-likeness (QED) is 0.783. The third-order valence-corrected chi connectivity index (χ3v) is 3.01. The number of nitrogens with zero attached hydrogens (tertiary/aromatic N) is 1. The lowest BCUT2D eigenvalue weighted by molar-refractivity contribution is -0.138. The van der Waals surface area contributed by atoms with E-state index in [4.69, 9.17) is 9.84 Å². The summed E-state index contributed by atoms with van der Waals surface area (Å²) in [7, 11) is 1.59. The molecule has 0 aliphatic rings. The lowest BCUT2D eigenvalue weighted by Gasteiger charge is -2.24. The van der Waals surface area contributed by atoms with E-state index in [0.29, 0.717) is 0 Å². The van der Waals surface area contributed by atoms with Gasteiger partial charge in [-0.15, -0.1) is 0 Å². The van der Waals surface area contributed by atoms with Gasteiger partial charge in [-0.1, -0.05) is 12.1 Å². The van der Waals surface area contributed by atoms with E-state index in [2.05, 4.69) is 0 Å². The highest BCUT2D eigenvalue weighted by atomic mass is 16.5. The molecule has 5 nitrogen and oxygen atoms in total. The molecule has 0 radical (unpaired) electrons. The van der Waals surface area contributed by atoms with Crippen LogP contribution in [0.1, 0.15) is 25.8 Å². The highest BCUT2D eigenvalue weighted by Crippen LogP contribution is 2.12. The van der Waals surface area contributed by atoms with Gasteiger partial charge in [-0.3, -0.25) is 9.59 Å². The third-order valence-electron chi connectivity index (χ3n) is 3.01. The lowest BCUT2D eigenvalue weighted by Crippen LogP contribution is -2.37. The molecule has 0 fully saturated rings. The van der Waals surface area contributed by atoms with E-state index in [0.717, 1.165) is 11.3 Å². The number of carboxylic acid groups (broad SMARTS) is 1. The number of carboxylic acids is 1. The number of rotatable bonds is 7. The van der Waals surface area contributed by atoms with Crippen molar-refractivity contribution in [3.05, 3.63) is 35.9 Å². The Morgan fingerprint density at radius 3 is 2.38 bits per heavy atom. The number of hydrogen-bond acceptors (Lipinski definition) is 3. The van der Waals surface area contributed by atoms with Crippen LogP contribution in [0.15, 0.2) is 30.3 Å². The molecule has 114 valence electrons. The van der Waals surface area contributed by atoms with Gasteiger partial charge in [0.2, 0.25) is 5.91 Å².